The van der Waals surface area contributed by atoms with Crippen molar-refractivity contribution in [2.75, 3.05) is 11.5 Å². The van der Waals surface area contributed by atoms with Crippen LogP contribution in [-0.4, -0.2) is 17.2 Å². The second-order valence-corrected chi connectivity index (χ2v) is 12.2. The number of benzene rings is 8. The molecule has 50 heavy (non-hydrogen) atoms. The maximum Gasteiger partial charge on any atom is 0.488 e. The second kappa shape index (κ2) is 16.0. The lowest BCUT2D eigenvalue weighted by Gasteiger charge is -2.12. The molecule has 6 N–H and O–H groups in total. The molecule has 6 heteroatoms. The van der Waals surface area contributed by atoms with Gasteiger partial charge in [0.25, 0.3) is 0 Å². The maximum absolute atomic E-state index is 8.58. The van der Waals surface area contributed by atoms with E-state index in [9.17, 15) is 0 Å². The highest BCUT2D eigenvalue weighted by molar-refractivity contribution is 6.58. The van der Waals surface area contributed by atoms with Crippen LogP contribution >= 0.6 is 11.6 Å². The summed E-state index contributed by atoms with van der Waals surface area (Å²) in [5.74, 6) is 0. The van der Waals surface area contributed by atoms with E-state index in [1.54, 1.807) is 24.3 Å². The quantitative estimate of drug-likeness (QED) is 0.111. The zero-order valence-electron chi connectivity index (χ0n) is 27.3. The van der Waals surface area contributed by atoms with Crippen molar-refractivity contribution in [2.45, 2.75) is 0 Å². The largest absolute Gasteiger partial charge is 0.488 e. The van der Waals surface area contributed by atoms with Gasteiger partial charge in [0.1, 0.15) is 0 Å². The van der Waals surface area contributed by atoms with Crippen molar-refractivity contribution in [3.63, 3.8) is 0 Å². The van der Waals surface area contributed by atoms with Gasteiger partial charge in [-0.05, 0) is 79.6 Å². The molecular weight excluding hydrogens is 635 g/mol. The van der Waals surface area contributed by atoms with Gasteiger partial charge in [0, 0.05) is 27.5 Å². The van der Waals surface area contributed by atoms with Crippen LogP contribution in [-0.2, 0) is 0 Å². The van der Waals surface area contributed by atoms with Gasteiger partial charge in [-0.3, -0.25) is 0 Å². The van der Waals surface area contributed by atoms with Crippen molar-refractivity contribution in [3.05, 3.63) is 187 Å². The molecular formula is C44H36BClN2O2. The van der Waals surface area contributed by atoms with Gasteiger partial charge in [0.15, 0.2) is 0 Å². The Morgan fingerprint density at radius 2 is 0.860 bits per heavy atom. The van der Waals surface area contributed by atoms with Crippen molar-refractivity contribution in [1.82, 2.24) is 0 Å². The predicted octanol–water partition coefficient (Wildman–Crippen LogP) is 9.86. The molecule has 0 heterocycles. The molecule has 4 nitrogen and oxygen atoms in total. The molecule has 0 radical (unpaired) electrons. The lowest BCUT2D eigenvalue weighted by molar-refractivity contribution is 0.426. The van der Waals surface area contributed by atoms with Crippen LogP contribution in [0.2, 0.25) is 5.02 Å². The Morgan fingerprint density at radius 3 is 1.40 bits per heavy atom. The van der Waals surface area contributed by atoms with Crippen LogP contribution < -0.4 is 16.9 Å². The van der Waals surface area contributed by atoms with Gasteiger partial charge >= 0.3 is 7.12 Å². The number of nitrogens with two attached hydrogens (primary N) is 2. The number of anilines is 2. The standard InChI is InChI=1S/C22H17N.C16H12ClN.C6H7BO2/c23-22-14-13-18(16-7-2-1-3-8-16)15-21(22)20-12-6-10-17-9-4-5-11-19(17)20;17-12-8-9-16(18)15(10-12)14-7-3-5-11-4-1-2-6-13(11)14;8-7(9)6-4-2-1-3-5-6/h1-15H,23H2;1-10H,18H2;1-5,8-9H. The molecule has 244 valence electrons. The Labute approximate surface area is 298 Å². The number of nitrogen functional groups attached to an aromatic ring is 2. The number of hydrogen-bond donors (Lipinski definition) is 4. The number of rotatable bonds is 4. The third-order valence-corrected chi connectivity index (χ3v) is 8.67. The van der Waals surface area contributed by atoms with E-state index >= 15 is 0 Å². The van der Waals surface area contributed by atoms with Crippen molar-refractivity contribution in [2.24, 2.45) is 0 Å². The lowest BCUT2D eigenvalue weighted by Crippen LogP contribution is -2.29. The summed E-state index contributed by atoms with van der Waals surface area (Å²) < 4.78 is 0. The first-order chi connectivity index (χ1) is 24.4. The van der Waals surface area contributed by atoms with E-state index < -0.39 is 7.12 Å². The van der Waals surface area contributed by atoms with Crippen molar-refractivity contribution in [3.8, 4) is 33.4 Å². The molecule has 0 aromatic heterocycles. The highest BCUT2D eigenvalue weighted by atomic mass is 35.5. The summed E-state index contributed by atoms with van der Waals surface area (Å²) in [5, 5.41) is 22.7. The van der Waals surface area contributed by atoms with Crippen LogP contribution in [0, 0.1) is 0 Å². The summed E-state index contributed by atoms with van der Waals surface area (Å²) >= 11 is 6.06. The fourth-order valence-electron chi connectivity index (χ4n) is 5.91. The normalized spacial score (nSPS) is 10.5. The molecule has 0 aliphatic carbocycles. The van der Waals surface area contributed by atoms with E-state index in [1.165, 1.54) is 38.2 Å². The maximum atomic E-state index is 8.58. The first-order valence-corrected chi connectivity index (χ1v) is 16.6. The highest BCUT2D eigenvalue weighted by Crippen LogP contribution is 2.36. The Bertz CT molecular complexity index is 2340. The number of fused-ring (bicyclic) bond motifs is 2. The molecule has 0 aliphatic rings. The van der Waals surface area contributed by atoms with Crippen LogP contribution in [0.25, 0.3) is 54.9 Å². The Hall–Kier alpha value is -5.85. The molecule has 0 bridgehead atoms. The molecule has 0 unspecified atom stereocenters. The van der Waals surface area contributed by atoms with Gasteiger partial charge in [-0.25, -0.2) is 0 Å². The summed E-state index contributed by atoms with van der Waals surface area (Å²) in [7, 11) is -1.34. The van der Waals surface area contributed by atoms with Crippen LogP contribution in [0.5, 0.6) is 0 Å². The molecule has 8 aromatic carbocycles. The smallest absolute Gasteiger partial charge is 0.423 e. The number of hydrogen-bond acceptors (Lipinski definition) is 4. The van der Waals surface area contributed by atoms with E-state index in [4.69, 9.17) is 33.1 Å². The average molecular weight is 671 g/mol. The van der Waals surface area contributed by atoms with E-state index in [0.717, 1.165) is 28.1 Å². The second-order valence-electron chi connectivity index (χ2n) is 11.7. The summed E-state index contributed by atoms with van der Waals surface area (Å²) in [6, 6.07) is 60.2. The minimum Gasteiger partial charge on any atom is -0.423 e. The molecule has 0 fully saturated rings. The van der Waals surface area contributed by atoms with Gasteiger partial charge in [0.2, 0.25) is 0 Å². The first-order valence-electron chi connectivity index (χ1n) is 16.3. The van der Waals surface area contributed by atoms with Crippen LogP contribution in [0.3, 0.4) is 0 Å². The highest BCUT2D eigenvalue weighted by Gasteiger charge is 2.10. The van der Waals surface area contributed by atoms with Crippen molar-refractivity contribution >= 4 is 57.1 Å². The van der Waals surface area contributed by atoms with E-state index in [0.29, 0.717) is 10.5 Å². The van der Waals surface area contributed by atoms with E-state index in [1.807, 2.05) is 54.6 Å². The molecule has 8 aromatic rings. The Kier molecular flexibility index (Phi) is 10.9. The average Bonchev–Trinajstić information content (AvgIpc) is 3.17. The third-order valence-electron chi connectivity index (χ3n) is 8.43. The predicted molar refractivity (Wildman–Crippen MR) is 214 cm³/mol. The molecule has 0 saturated heterocycles. The summed E-state index contributed by atoms with van der Waals surface area (Å²) in [6.45, 7) is 0. The molecule has 0 atom stereocenters. The molecule has 0 spiro atoms. The molecule has 0 saturated carbocycles. The molecule has 0 amide bonds. The van der Waals surface area contributed by atoms with Crippen molar-refractivity contribution < 1.29 is 10.0 Å². The van der Waals surface area contributed by atoms with Gasteiger partial charge in [-0.2, -0.15) is 0 Å². The van der Waals surface area contributed by atoms with E-state index in [2.05, 4.69) is 103 Å². The fourth-order valence-corrected chi connectivity index (χ4v) is 6.08. The SMILES string of the molecule is Nc1ccc(-c2ccccc2)cc1-c1cccc2ccccc12.Nc1ccc(Cl)cc1-c1cccc2ccccc12.OB(O)c1ccccc1. The monoisotopic (exact) mass is 670 g/mol. The van der Waals surface area contributed by atoms with Crippen LogP contribution in [0.1, 0.15) is 0 Å². The van der Waals surface area contributed by atoms with Crippen LogP contribution in [0.4, 0.5) is 11.4 Å². The van der Waals surface area contributed by atoms with Gasteiger partial charge in [-0.15, -0.1) is 0 Å². The van der Waals surface area contributed by atoms with Crippen LogP contribution in [0.15, 0.2) is 182 Å². The van der Waals surface area contributed by atoms with Gasteiger partial charge < -0.3 is 21.5 Å². The van der Waals surface area contributed by atoms with E-state index in [-0.39, 0.29) is 0 Å². The Morgan fingerprint density at radius 1 is 0.400 bits per heavy atom. The minimum atomic E-state index is -1.34. The van der Waals surface area contributed by atoms with Gasteiger partial charge in [0.05, 0.1) is 0 Å². The summed E-state index contributed by atoms with van der Waals surface area (Å²) in [6.07, 6.45) is 0. The third kappa shape index (κ3) is 8.05. The van der Waals surface area contributed by atoms with Crippen molar-refractivity contribution in [1.29, 1.82) is 0 Å². The fraction of sp³-hybridized carbons (Fsp3) is 0. The zero-order chi connectivity index (χ0) is 34.9. The topological polar surface area (TPSA) is 92.5 Å². The Balaban J connectivity index is 0.000000142. The first kappa shape index (κ1) is 34.0. The summed E-state index contributed by atoms with van der Waals surface area (Å²) in [4.78, 5) is 0. The lowest BCUT2D eigenvalue weighted by atomic mass is 9.81. The number of halogens is 1. The molecule has 8 rings (SSSR count). The minimum absolute atomic E-state index is 0.525. The van der Waals surface area contributed by atoms with Gasteiger partial charge in [-0.1, -0.05) is 163 Å². The molecule has 0 aliphatic heterocycles. The zero-order valence-corrected chi connectivity index (χ0v) is 28.1. The summed E-state index contributed by atoms with van der Waals surface area (Å²) in [5.41, 5.74) is 21.2.